The molecule has 6 heteroatoms. The van der Waals surface area contributed by atoms with Crippen molar-refractivity contribution < 1.29 is 9.47 Å². The molecule has 0 aliphatic heterocycles. The zero-order valence-electron chi connectivity index (χ0n) is 11.1. The van der Waals surface area contributed by atoms with Crippen molar-refractivity contribution in [3.63, 3.8) is 0 Å². The fourth-order valence-electron chi connectivity index (χ4n) is 1.79. The first-order chi connectivity index (χ1) is 9.65. The summed E-state index contributed by atoms with van der Waals surface area (Å²) in [6, 6.07) is 7.60. The lowest BCUT2D eigenvalue weighted by atomic mass is 10.2. The van der Waals surface area contributed by atoms with Gasteiger partial charge in [-0.1, -0.05) is 11.6 Å². The van der Waals surface area contributed by atoms with Crippen LogP contribution in [0.3, 0.4) is 0 Å². The predicted octanol–water partition coefficient (Wildman–Crippen LogP) is 4.13. The molecule has 0 saturated carbocycles. The molecule has 4 nitrogen and oxygen atoms in total. The number of hydrogen-bond donors (Lipinski definition) is 1. The summed E-state index contributed by atoms with van der Waals surface area (Å²) in [5.41, 5.74) is 1.83. The quantitative estimate of drug-likeness (QED) is 0.817. The predicted molar refractivity (Wildman–Crippen MR) is 83.8 cm³/mol. The fraction of sp³-hybridized carbons (Fsp3) is 0.214. The Balaban J connectivity index is 2.18. The van der Waals surface area contributed by atoms with Gasteiger partial charge < -0.3 is 14.8 Å². The van der Waals surface area contributed by atoms with Crippen LogP contribution in [-0.4, -0.2) is 19.2 Å². The highest BCUT2D eigenvalue weighted by atomic mass is 79.9. The Morgan fingerprint density at radius 3 is 2.75 bits per heavy atom. The van der Waals surface area contributed by atoms with Gasteiger partial charge in [0.25, 0.3) is 0 Å². The number of rotatable bonds is 5. The van der Waals surface area contributed by atoms with Crippen LogP contribution >= 0.6 is 27.5 Å². The number of benzene rings is 1. The summed E-state index contributed by atoms with van der Waals surface area (Å²) >= 11 is 9.47. The molecule has 0 atom stereocenters. The summed E-state index contributed by atoms with van der Waals surface area (Å²) in [6.07, 6.45) is 1.65. The normalized spacial score (nSPS) is 10.2. The molecule has 0 radical (unpaired) electrons. The SMILES string of the molecule is COc1cc(CNc2cccnc2Cl)cc(Br)c1OC. The van der Waals surface area contributed by atoms with Crippen molar-refractivity contribution in [3.05, 3.63) is 45.7 Å². The van der Waals surface area contributed by atoms with Crippen LogP contribution in [0.1, 0.15) is 5.56 Å². The average Bonchev–Trinajstić information content (AvgIpc) is 2.45. The number of methoxy groups -OCH3 is 2. The number of halogens is 2. The van der Waals surface area contributed by atoms with Crippen molar-refractivity contribution in [1.29, 1.82) is 0 Å². The molecule has 20 heavy (non-hydrogen) atoms. The largest absolute Gasteiger partial charge is 0.493 e. The summed E-state index contributed by atoms with van der Waals surface area (Å²) in [4.78, 5) is 4.02. The molecule has 0 amide bonds. The second-order valence-corrected chi connectivity index (χ2v) is 5.22. The van der Waals surface area contributed by atoms with Crippen LogP contribution in [0.15, 0.2) is 34.9 Å². The van der Waals surface area contributed by atoms with Gasteiger partial charge in [-0.05, 0) is 45.8 Å². The maximum Gasteiger partial charge on any atom is 0.174 e. The molecule has 0 bridgehead atoms. The van der Waals surface area contributed by atoms with E-state index in [0.717, 1.165) is 15.7 Å². The molecule has 0 aliphatic carbocycles. The van der Waals surface area contributed by atoms with Crippen molar-refractivity contribution >= 4 is 33.2 Å². The van der Waals surface area contributed by atoms with Crippen LogP contribution in [0, 0.1) is 0 Å². The summed E-state index contributed by atoms with van der Waals surface area (Å²) in [6.45, 7) is 0.602. The smallest absolute Gasteiger partial charge is 0.174 e. The molecule has 1 aromatic carbocycles. The van der Waals surface area contributed by atoms with Gasteiger partial charge in [0.05, 0.1) is 24.4 Å². The number of ether oxygens (including phenoxy) is 2. The van der Waals surface area contributed by atoms with E-state index in [1.165, 1.54) is 0 Å². The lowest BCUT2D eigenvalue weighted by Crippen LogP contribution is -2.02. The van der Waals surface area contributed by atoms with Gasteiger partial charge in [0.2, 0.25) is 0 Å². The Hall–Kier alpha value is -1.46. The van der Waals surface area contributed by atoms with Gasteiger partial charge in [0, 0.05) is 12.7 Å². The van der Waals surface area contributed by atoms with E-state index in [0.29, 0.717) is 23.2 Å². The zero-order chi connectivity index (χ0) is 14.5. The van der Waals surface area contributed by atoms with Crippen LogP contribution in [-0.2, 0) is 6.54 Å². The molecule has 1 heterocycles. The first-order valence-corrected chi connectivity index (χ1v) is 7.07. The Morgan fingerprint density at radius 2 is 2.10 bits per heavy atom. The molecular formula is C14H14BrClN2O2. The third kappa shape index (κ3) is 3.35. The van der Waals surface area contributed by atoms with Gasteiger partial charge in [-0.25, -0.2) is 4.98 Å². The van der Waals surface area contributed by atoms with Crippen LogP contribution in [0.2, 0.25) is 5.15 Å². The van der Waals surface area contributed by atoms with Gasteiger partial charge in [-0.15, -0.1) is 0 Å². The number of pyridine rings is 1. The van der Waals surface area contributed by atoms with Crippen LogP contribution in [0.5, 0.6) is 11.5 Å². The average molecular weight is 358 g/mol. The second-order valence-electron chi connectivity index (χ2n) is 4.01. The van der Waals surface area contributed by atoms with Crippen molar-refractivity contribution in [1.82, 2.24) is 4.98 Å². The summed E-state index contributed by atoms with van der Waals surface area (Å²) < 4.78 is 11.4. The standard InChI is InChI=1S/C14H14BrClN2O2/c1-19-12-7-9(6-10(15)13(12)20-2)8-18-11-4-3-5-17-14(11)16/h3-7,18H,8H2,1-2H3. The minimum Gasteiger partial charge on any atom is -0.493 e. The fourth-order valence-corrected chi connectivity index (χ4v) is 2.63. The zero-order valence-corrected chi connectivity index (χ0v) is 13.5. The molecule has 1 aromatic heterocycles. The van der Waals surface area contributed by atoms with Crippen LogP contribution in [0.25, 0.3) is 0 Å². The Labute approximate surface area is 131 Å². The highest BCUT2D eigenvalue weighted by Gasteiger charge is 2.10. The van der Waals surface area contributed by atoms with E-state index in [2.05, 4.69) is 26.2 Å². The van der Waals surface area contributed by atoms with Gasteiger partial charge >= 0.3 is 0 Å². The van der Waals surface area contributed by atoms with E-state index < -0.39 is 0 Å². The second kappa shape index (κ2) is 6.81. The summed E-state index contributed by atoms with van der Waals surface area (Å²) in [7, 11) is 3.22. The minimum atomic E-state index is 0.451. The highest BCUT2D eigenvalue weighted by Crippen LogP contribution is 2.36. The third-order valence-electron chi connectivity index (χ3n) is 2.74. The van der Waals surface area contributed by atoms with Crippen molar-refractivity contribution in [2.45, 2.75) is 6.54 Å². The molecule has 2 rings (SSSR count). The number of aromatic nitrogens is 1. The Bertz CT molecular complexity index is 608. The number of nitrogens with zero attached hydrogens (tertiary/aromatic N) is 1. The van der Waals surface area contributed by atoms with Crippen LogP contribution < -0.4 is 14.8 Å². The van der Waals surface area contributed by atoms with Gasteiger partial charge in [0.15, 0.2) is 16.7 Å². The molecule has 106 valence electrons. The Kier molecular flexibility index (Phi) is 5.09. The topological polar surface area (TPSA) is 43.4 Å². The Morgan fingerprint density at radius 1 is 1.30 bits per heavy atom. The highest BCUT2D eigenvalue weighted by molar-refractivity contribution is 9.10. The molecule has 0 unspecified atom stereocenters. The van der Waals surface area contributed by atoms with Gasteiger partial charge in [0.1, 0.15) is 0 Å². The van der Waals surface area contributed by atoms with Crippen LogP contribution in [0.4, 0.5) is 5.69 Å². The molecule has 0 aliphatic rings. The lowest BCUT2D eigenvalue weighted by molar-refractivity contribution is 0.352. The summed E-state index contributed by atoms with van der Waals surface area (Å²) in [5.74, 6) is 1.35. The van der Waals surface area contributed by atoms with E-state index in [1.807, 2.05) is 24.3 Å². The monoisotopic (exact) mass is 356 g/mol. The maximum absolute atomic E-state index is 6.00. The van der Waals surface area contributed by atoms with E-state index in [9.17, 15) is 0 Å². The van der Waals surface area contributed by atoms with Crippen molar-refractivity contribution in [2.24, 2.45) is 0 Å². The lowest BCUT2D eigenvalue weighted by Gasteiger charge is -2.13. The third-order valence-corrected chi connectivity index (χ3v) is 3.63. The van der Waals surface area contributed by atoms with E-state index >= 15 is 0 Å². The molecule has 0 spiro atoms. The molecule has 2 aromatic rings. The van der Waals surface area contributed by atoms with Gasteiger partial charge in [-0.3, -0.25) is 0 Å². The number of nitrogens with one attached hydrogen (secondary N) is 1. The van der Waals surface area contributed by atoms with Crippen molar-refractivity contribution in [2.75, 3.05) is 19.5 Å². The number of anilines is 1. The molecule has 1 N–H and O–H groups in total. The molecule has 0 saturated heterocycles. The van der Waals surface area contributed by atoms with Gasteiger partial charge in [-0.2, -0.15) is 0 Å². The molecular weight excluding hydrogens is 344 g/mol. The first-order valence-electron chi connectivity index (χ1n) is 5.90. The van der Waals surface area contributed by atoms with E-state index in [1.54, 1.807) is 20.4 Å². The molecule has 0 fully saturated rings. The minimum absolute atomic E-state index is 0.451. The summed E-state index contributed by atoms with van der Waals surface area (Å²) in [5, 5.41) is 3.68. The van der Waals surface area contributed by atoms with E-state index in [-0.39, 0.29) is 0 Å². The maximum atomic E-state index is 6.00. The first kappa shape index (κ1) is 14.9. The van der Waals surface area contributed by atoms with E-state index in [4.69, 9.17) is 21.1 Å². The number of hydrogen-bond acceptors (Lipinski definition) is 4. The van der Waals surface area contributed by atoms with Crippen molar-refractivity contribution in [3.8, 4) is 11.5 Å².